The molecular weight excluding hydrogens is 364 g/mol. The molecular formula is C23H30N4O2. The first-order valence-corrected chi connectivity index (χ1v) is 10.5. The lowest BCUT2D eigenvalue weighted by Crippen LogP contribution is -2.48. The van der Waals surface area contributed by atoms with Crippen LogP contribution in [0.3, 0.4) is 0 Å². The summed E-state index contributed by atoms with van der Waals surface area (Å²) < 4.78 is 1.96. The van der Waals surface area contributed by atoms with E-state index < -0.39 is 0 Å². The van der Waals surface area contributed by atoms with Crippen LogP contribution >= 0.6 is 0 Å². The van der Waals surface area contributed by atoms with Crippen molar-refractivity contribution in [3.05, 3.63) is 52.1 Å². The maximum absolute atomic E-state index is 12.9. The second-order valence-electron chi connectivity index (χ2n) is 9.14. The fourth-order valence-electron chi connectivity index (χ4n) is 4.82. The molecule has 2 aromatic heterocycles. The van der Waals surface area contributed by atoms with Crippen LogP contribution in [0.5, 0.6) is 0 Å². The van der Waals surface area contributed by atoms with Gasteiger partial charge < -0.3 is 14.4 Å². The van der Waals surface area contributed by atoms with Gasteiger partial charge in [-0.3, -0.25) is 9.59 Å². The van der Waals surface area contributed by atoms with E-state index in [1.807, 2.05) is 16.7 Å². The fourth-order valence-corrected chi connectivity index (χ4v) is 4.82. The number of fused-ring (bicyclic) bond motifs is 4. The molecule has 1 fully saturated rings. The SMILES string of the molecule is CC(C)CN1C[C@@H]2C[C@H](C1)c1cc(-c3cccc(C(=O)N(C)C)n3)cc(=O)n1C2. The predicted octanol–water partition coefficient (Wildman–Crippen LogP) is 2.69. The van der Waals surface area contributed by atoms with E-state index in [4.69, 9.17) is 0 Å². The second-order valence-corrected chi connectivity index (χ2v) is 9.14. The van der Waals surface area contributed by atoms with Crippen molar-refractivity contribution < 1.29 is 4.79 Å². The van der Waals surface area contributed by atoms with Crippen LogP contribution in [0, 0.1) is 11.8 Å². The zero-order valence-electron chi connectivity index (χ0n) is 17.8. The average Bonchev–Trinajstić information content (AvgIpc) is 2.67. The predicted molar refractivity (Wildman–Crippen MR) is 114 cm³/mol. The number of rotatable bonds is 4. The minimum absolute atomic E-state index is 0.0376. The molecule has 0 N–H and O–H groups in total. The number of pyridine rings is 2. The van der Waals surface area contributed by atoms with Gasteiger partial charge in [-0.1, -0.05) is 19.9 Å². The molecule has 4 rings (SSSR count). The van der Waals surface area contributed by atoms with Gasteiger partial charge in [0.2, 0.25) is 0 Å². The number of amides is 1. The van der Waals surface area contributed by atoms with Gasteiger partial charge in [-0.2, -0.15) is 0 Å². The number of likely N-dealkylation sites (tertiary alicyclic amines) is 1. The summed E-state index contributed by atoms with van der Waals surface area (Å²) in [5, 5.41) is 0. The first-order chi connectivity index (χ1) is 13.8. The minimum atomic E-state index is -0.138. The third-order valence-electron chi connectivity index (χ3n) is 5.93. The molecule has 1 amide bonds. The molecule has 2 aliphatic rings. The van der Waals surface area contributed by atoms with Gasteiger partial charge in [0.1, 0.15) is 5.69 Å². The smallest absolute Gasteiger partial charge is 0.271 e. The molecule has 6 heteroatoms. The summed E-state index contributed by atoms with van der Waals surface area (Å²) in [5.74, 6) is 1.42. The Bertz CT molecular complexity index is 979. The lowest BCUT2D eigenvalue weighted by molar-refractivity contribution is 0.0822. The number of nitrogens with zero attached hydrogens (tertiary/aromatic N) is 4. The number of piperidine rings is 1. The zero-order chi connectivity index (χ0) is 20.7. The topological polar surface area (TPSA) is 58.4 Å². The highest BCUT2D eigenvalue weighted by molar-refractivity contribution is 5.92. The lowest BCUT2D eigenvalue weighted by atomic mass is 9.82. The third-order valence-corrected chi connectivity index (χ3v) is 5.93. The lowest BCUT2D eigenvalue weighted by Gasteiger charge is -2.43. The Balaban J connectivity index is 1.70. The third kappa shape index (κ3) is 3.99. The van der Waals surface area contributed by atoms with Crippen molar-refractivity contribution in [2.45, 2.75) is 32.7 Å². The van der Waals surface area contributed by atoms with Crippen LogP contribution in [0.25, 0.3) is 11.3 Å². The van der Waals surface area contributed by atoms with E-state index in [2.05, 4.69) is 29.8 Å². The number of aromatic nitrogens is 2. The molecule has 0 radical (unpaired) electrons. The summed E-state index contributed by atoms with van der Waals surface area (Å²) in [6, 6.07) is 9.20. The van der Waals surface area contributed by atoms with E-state index in [0.29, 0.717) is 29.1 Å². The monoisotopic (exact) mass is 394 g/mol. The Kier molecular flexibility index (Phi) is 5.30. The summed E-state index contributed by atoms with van der Waals surface area (Å²) in [5.41, 5.74) is 3.02. The molecule has 0 spiro atoms. The van der Waals surface area contributed by atoms with Crippen molar-refractivity contribution in [1.29, 1.82) is 0 Å². The van der Waals surface area contributed by atoms with Crippen LogP contribution < -0.4 is 5.56 Å². The second kappa shape index (κ2) is 7.75. The maximum Gasteiger partial charge on any atom is 0.271 e. The van der Waals surface area contributed by atoms with E-state index >= 15 is 0 Å². The molecule has 0 saturated carbocycles. The quantitative estimate of drug-likeness (QED) is 0.800. The first kappa shape index (κ1) is 19.8. The number of carbonyl (C=O) groups is 1. The van der Waals surface area contributed by atoms with Crippen LogP contribution in [0.2, 0.25) is 0 Å². The highest BCUT2D eigenvalue weighted by Crippen LogP contribution is 2.36. The normalized spacial score (nSPS) is 21.1. The molecule has 4 heterocycles. The van der Waals surface area contributed by atoms with E-state index in [0.717, 1.165) is 43.9 Å². The van der Waals surface area contributed by atoms with Gasteiger partial charge in [-0.25, -0.2) is 4.98 Å². The number of carbonyl (C=O) groups excluding carboxylic acids is 1. The van der Waals surface area contributed by atoms with Crippen molar-refractivity contribution >= 4 is 5.91 Å². The molecule has 2 aromatic rings. The molecule has 154 valence electrons. The Morgan fingerprint density at radius 1 is 1.21 bits per heavy atom. The fraction of sp³-hybridized carbons (Fsp3) is 0.522. The van der Waals surface area contributed by atoms with Crippen LogP contribution in [-0.2, 0) is 6.54 Å². The summed E-state index contributed by atoms with van der Waals surface area (Å²) >= 11 is 0. The molecule has 2 bridgehead atoms. The van der Waals surface area contributed by atoms with Crippen LogP contribution in [0.4, 0.5) is 0 Å². The van der Waals surface area contributed by atoms with Gasteiger partial charge in [0.25, 0.3) is 11.5 Å². The van der Waals surface area contributed by atoms with Crippen molar-refractivity contribution in [3.63, 3.8) is 0 Å². The maximum atomic E-state index is 12.9. The molecule has 0 unspecified atom stereocenters. The Morgan fingerprint density at radius 3 is 2.72 bits per heavy atom. The first-order valence-electron chi connectivity index (χ1n) is 10.5. The van der Waals surface area contributed by atoms with Gasteiger partial charge in [-0.15, -0.1) is 0 Å². The van der Waals surface area contributed by atoms with Gasteiger partial charge in [-0.05, 0) is 36.5 Å². The summed E-state index contributed by atoms with van der Waals surface area (Å²) in [6.45, 7) is 8.51. The Morgan fingerprint density at radius 2 is 2.00 bits per heavy atom. The van der Waals surface area contributed by atoms with Crippen LogP contribution in [0.15, 0.2) is 35.1 Å². The molecule has 2 aliphatic heterocycles. The summed E-state index contributed by atoms with van der Waals surface area (Å²) in [7, 11) is 3.43. The average molecular weight is 395 g/mol. The molecule has 2 atom stereocenters. The molecule has 0 aromatic carbocycles. The highest BCUT2D eigenvalue weighted by Gasteiger charge is 2.35. The summed E-state index contributed by atoms with van der Waals surface area (Å²) in [6.07, 6.45) is 1.14. The largest absolute Gasteiger partial charge is 0.343 e. The van der Waals surface area contributed by atoms with E-state index in [1.165, 1.54) is 4.90 Å². The molecule has 29 heavy (non-hydrogen) atoms. The van der Waals surface area contributed by atoms with Crippen molar-refractivity contribution in [3.8, 4) is 11.3 Å². The Labute approximate surface area is 172 Å². The molecule has 0 aliphatic carbocycles. The zero-order valence-corrected chi connectivity index (χ0v) is 17.8. The van der Waals surface area contributed by atoms with Gasteiger partial charge in [0.15, 0.2) is 0 Å². The van der Waals surface area contributed by atoms with Crippen molar-refractivity contribution in [2.75, 3.05) is 33.7 Å². The molecule has 6 nitrogen and oxygen atoms in total. The van der Waals surface area contributed by atoms with Crippen molar-refractivity contribution in [2.24, 2.45) is 11.8 Å². The van der Waals surface area contributed by atoms with E-state index in [1.54, 1.807) is 26.2 Å². The van der Waals surface area contributed by atoms with Gasteiger partial charge in [0, 0.05) is 63.5 Å². The number of hydrogen-bond donors (Lipinski definition) is 0. The van der Waals surface area contributed by atoms with E-state index in [-0.39, 0.29) is 11.5 Å². The summed E-state index contributed by atoms with van der Waals surface area (Å²) in [4.78, 5) is 33.8. The number of hydrogen-bond acceptors (Lipinski definition) is 4. The Hall–Kier alpha value is -2.47. The van der Waals surface area contributed by atoms with Crippen LogP contribution in [0.1, 0.15) is 42.4 Å². The van der Waals surface area contributed by atoms with Gasteiger partial charge >= 0.3 is 0 Å². The minimum Gasteiger partial charge on any atom is -0.343 e. The standard InChI is InChI=1S/C23H30N4O2/c1-15(2)11-26-12-16-8-18(14-26)21-9-17(10-22(28)27(21)13-16)19-6-5-7-20(24-19)23(29)25(3)4/h5-7,9-10,15-16,18H,8,11-14H2,1-4H3/t16-,18+/m0/s1. The van der Waals surface area contributed by atoms with Gasteiger partial charge in [0.05, 0.1) is 5.69 Å². The molecule has 1 saturated heterocycles. The van der Waals surface area contributed by atoms with Crippen molar-refractivity contribution in [1.82, 2.24) is 19.4 Å². The van der Waals surface area contributed by atoms with Crippen LogP contribution in [-0.4, -0.2) is 59.0 Å². The highest BCUT2D eigenvalue weighted by atomic mass is 16.2. The van der Waals surface area contributed by atoms with E-state index in [9.17, 15) is 9.59 Å².